The van der Waals surface area contributed by atoms with Gasteiger partial charge in [0.05, 0.1) is 0 Å². The summed E-state index contributed by atoms with van der Waals surface area (Å²) in [5.41, 5.74) is 1.67. The van der Waals surface area contributed by atoms with E-state index in [1.807, 2.05) is 43.3 Å². The fourth-order valence-corrected chi connectivity index (χ4v) is 3.59. The molecule has 0 spiro atoms. The van der Waals surface area contributed by atoms with Crippen LogP contribution in [0.1, 0.15) is 24.1 Å². The van der Waals surface area contributed by atoms with Gasteiger partial charge in [0.15, 0.2) is 0 Å². The van der Waals surface area contributed by atoms with E-state index in [0.29, 0.717) is 5.69 Å². The molecule has 6 nitrogen and oxygen atoms in total. The predicted molar refractivity (Wildman–Crippen MR) is 114 cm³/mol. The van der Waals surface area contributed by atoms with Gasteiger partial charge in [-0.2, -0.15) is 18.2 Å². The van der Waals surface area contributed by atoms with Crippen LogP contribution in [-0.2, 0) is 6.18 Å². The van der Waals surface area contributed by atoms with E-state index in [1.165, 1.54) is 0 Å². The standard InChI is InChI=1S/C22H23F3N6/c1-14-17(15-6-3-2-4-7-15)9-10-19(28-14)30-20-18(22(23,24)25)13-27-21(31-20)29-16-8-5-11-26-12-16/h2-4,6-7,9-10,13,16,26H,5,8,11-12H2,1H3,(H2,27,28,29,30,31)/t16-/m0/s1. The Balaban J connectivity index is 1.61. The van der Waals surface area contributed by atoms with Crippen LogP contribution in [0.2, 0.25) is 0 Å². The zero-order valence-corrected chi connectivity index (χ0v) is 17.0. The van der Waals surface area contributed by atoms with E-state index in [9.17, 15) is 13.2 Å². The molecule has 2 aromatic heterocycles. The summed E-state index contributed by atoms with van der Waals surface area (Å²) < 4.78 is 40.6. The SMILES string of the molecule is Cc1nc(Nc2nc(N[C@H]3CCCNC3)ncc2C(F)(F)F)ccc1-c1ccccc1. The first-order chi connectivity index (χ1) is 14.9. The van der Waals surface area contributed by atoms with Gasteiger partial charge in [0.25, 0.3) is 0 Å². The third-order valence-corrected chi connectivity index (χ3v) is 5.14. The molecular formula is C22H23F3N6. The Hall–Kier alpha value is -3.20. The number of rotatable bonds is 5. The lowest BCUT2D eigenvalue weighted by molar-refractivity contribution is -0.137. The minimum absolute atomic E-state index is 0.0730. The molecule has 3 aromatic rings. The van der Waals surface area contributed by atoms with Crippen LogP contribution in [0.25, 0.3) is 11.1 Å². The first-order valence-electron chi connectivity index (χ1n) is 10.1. The van der Waals surface area contributed by atoms with Crippen molar-refractivity contribution in [2.45, 2.75) is 32.0 Å². The van der Waals surface area contributed by atoms with Crippen LogP contribution in [0.4, 0.5) is 30.8 Å². The highest BCUT2D eigenvalue weighted by molar-refractivity contribution is 5.68. The van der Waals surface area contributed by atoms with Crippen molar-refractivity contribution >= 4 is 17.6 Å². The normalized spacial score (nSPS) is 16.7. The van der Waals surface area contributed by atoms with Crippen LogP contribution in [0, 0.1) is 6.92 Å². The quantitative estimate of drug-likeness (QED) is 0.544. The molecule has 9 heteroatoms. The number of benzene rings is 1. The molecule has 1 aromatic carbocycles. The maximum Gasteiger partial charge on any atom is 0.421 e. The number of anilines is 3. The molecular weight excluding hydrogens is 405 g/mol. The lowest BCUT2D eigenvalue weighted by Gasteiger charge is -2.24. The van der Waals surface area contributed by atoms with Crippen molar-refractivity contribution in [1.29, 1.82) is 0 Å². The largest absolute Gasteiger partial charge is 0.421 e. The van der Waals surface area contributed by atoms with Crippen molar-refractivity contribution in [2.24, 2.45) is 0 Å². The molecule has 1 aliphatic rings. The van der Waals surface area contributed by atoms with Gasteiger partial charge >= 0.3 is 6.18 Å². The molecule has 1 fully saturated rings. The number of aryl methyl sites for hydroxylation is 1. The molecule has 4 rings (SSSR count). The van der Waals surface area contributed by atoms with Gasteiger partial charge in [-0.3, -0.25) is 0 Å². The monoisotopic (exact) mass is 428 g/mol. The van der Waals surface area contributed by atoms with Gasteiger partial charge in [-0.25, -0.2) is 9.97 Å². The van der Waals surface area contributed by atoms with Gasteiger partial charge in [0, 0.05) is 30.0 Å². The third kappa shape index (κ3) is 5.11. The average Bonchev–Trinajstić information content (AvgIpc) is 2.74. The van der Waals surface area contributed by atoms with E-state index >= 15 is 0 Å². The molecule has 1 atom stereocenters. The van der Waals surface area contributed by atoms with Crippen LogP contribution in [0.15, 0.2) is 48.7 Å². The molecule has 0 amide bonds. The summed E-state index contributed by atoms with van der Waals surface area (Å²) >= 11 is 0. The second-order valence-electron chi connectivity index (χ2n) is 7.46. The van der Waals surface area contributed by atoms with Gasteiger partial charge in [-0.05, 0) is 44.0 Å². The Morgan fingerprint density at radius 3 is 2.55 bits per heavy atom. The second kappa shape index (κ2) is 8.89. The number of pyridine rings is 1. The van der Waals surface area contributed by atoms with Crippen molar-refractivity contribution in [3.05, 3.63) is 59.9 Å². The molecule has 3 heterocycles. The Kier molecular flexibility index (Phi) is 6.03. The molecule has 1 saturated heterocycles. The molecule has 0 saturated carbocycles. The van der Waals surface area contributed by atoms with E-state index in [0.717, 1.165) is 43.3 Å². The first kappa shape index (κ1) is 21.0. The second-order valence-corrected chi connectivity index (χ2v) is 7.46. The zero-order valence-electron chi connectivity index (χ0n) is 17.0. The molecule has 31 heavy (non-hydrogen) atoms. The van der Waals surface area contributed by atoms with E-state index in [1.54, 1.807) is 6.07 Å². The van der Waals surface area contributed by atoms with Crippen molar-refractivity contribution in [3.63, 3.8) is 0 Å². The number of alkyl halides is 3. The summed E-state index contributed by atoms with van der Waals surface area (Å²) in [6.07, 6.45) is -1.90. The van der Waals surface area contributed by atoms with Gasteiger partial charge in [0.1, 0.15) is 17.2 Å². The number of hydrogen-bond acceptors (Lipinski definition) is 6. The van der Waals surface area contributed by atoms with Gasteiger partial charge in [-0.1, -0.05) is 30.3 Å². The fraction of sp³-hybridized carbons (Fsp3) is 0.318. The smallest absolute Gasteiger partial charge is 0.350 e. The Morgan fingerprint density at radius 2 is 1.87 bits per heavy atom. The van der Waals surface area contributed by atoms with Gasteiger partial charge in [0.2, 0.25) is 5.95 Å². The lowest BCUT2D eigenvalue weighted by atomic mass is 10.0. The van der Waals surface area contributed by atoms with Crippen LogP contribution in [0.5, 0.6) is 0 Å². The van der Waals surface area contributed by atoms with E-state index in [-0.39, 0.29) is 23.6 Å². The van der Waals surface area contributed by atoms with Crippen molar-refractivity contribution < 1.29 is 13.2 Å². The van der Waals surface area contributed by atoms with E-state index < -0.39 is 11.7 Å². The minimum Gasteiger partial charge on any atom is -0.350 e. The number of hydrogen-bond donors (Lipinski definition) is 3. The number of nitrogens with one attached hydrogen (secondary N) is 3. The summed E-state index contributed by atoms with van der Waals surface area (Å²) in [4.78, 5) is 12.4. The zero-order chi connectivity index (χ0) is 21.8. The summed E-state index contributed by atoms with van der Waals surface area (Å²) in [5.74, 6) is 0.113. The highest BCUT2D eigenvalue weighted by Crippen LogP contribution is 2.35. The summed E-state index contributed by atoms with van der Waals surface area (Å²) in [5, 5.41) is 9.10. The molecule has 0 aliphatic carbocycles. The van der Waals surface area contributed by atoms with Gasteiger partial charge in [-0.15, -0.1) is 0 Å². The maximum atomic E-state index is 13.5. The van der Waals surface area contributed by atoms with Crippen LogP contribution < -0.4 is 16.0 Å². The Bertz CT molecular complexity index is 1030. The number of aromatic nitrogens is 3. The summed E-state index contributed by atoms with van der Waals surface area (Å²) in [7, 11) is 0. The predicted octanol–water partition coefficient (Wildman–Crippen LogP) is 4.77. The van der Waals surface area contributed by atoms with Crippen molar-refractivity contribution in [3.8, 4) is 11.1 Å². The van der Waals surface area contributed by atoms with Gasteiger partial charge < -0.3 is 16.0 Å². The number of piperidine rings is 1. The molecule has 3 N–H and O–H groups in total. The first-order valence-corrected chi connectivity index (χ1v) is 10.1. The molecule has 0 radical (unpaired) electrons. The van der Waals surface area contributed by atoms with Crippen LogP contribution in [-0.4, -0.2) is 34.1 Å². The topological polar surface area (TPSA) is 74.8 Å². The molecule has 162 valence electrons. The maximum absolute atomic E-state index is 13.5. The summed E-state index contributed by atoms with van der Waals surface area (Å²) in [6, 6.07) is 13.2. The number of halogens is 3. The third-order valence-electron chi connectivity index (χ3n) is 5.14. The van der Waals surface area contributed by atoms with Crippen molar-refractivity contribution in [2.75, 3.05) is 23.7 Å². The minimum atomic E-state index is -4.59. The van der Waals surface area contributed by atoms with Crippen LogP contribution in [0.3, 0.4) is 0 Å². The molecule has 0 bridgehead atoms. The molecule has 1 aliphatic heterocycles. The van der Waals surface area contributed by atoms with E-state index in [2.05, 4.69) is 30.9 Å². The Labute approximate surface area is 178 Å². The highest BCUT2D eigenvalue weighted by atomic mass is 19.4. The van der Waals surface area contributed by atoms with Crippen molar-refractivity contribution in [1.82, 2.24) is 20.3 Å². The number of nitrogens with zero attached hydrogens (tertiary/aromatic N) is 3. The van der Waals surface area contributed by atoms with E-state index in [4.69, 9.17) is 0 Å². The highest BCUT2D eigenvalue weighted by Gasteiger charge is 2.35. The lowest BCUT2D eigenvalue weighted by Crippen LogP contribution is -2.38. The fourth-order valence-electron chi connectivity index (χ4n) is 3.59. The Morgan fingerprint density at radius 1 is 1.06 bits per heavy atom. The summed E-state index contributed by atoms with van der Waals surface area (Å²) in [6.45, 7) is 3.47. The average molecular weight is 428 g/mol. The molecule has 0 unspecified atom stereocenters. The van der Waals surface area contributed by atoms with Crippen LogP contribution >= 0.6 is 0 Å².